The number of pyridine rings is 1. The van der Waals surface area contributed by atoms with Crippen molar-refractivity contribution in [3.8, 4) is 6.07 Å². The molecule has 2 aromatic rings. The minimum Gasteiger partial charge on any atom is -0.369 e. The van der Waals surface area contributed by atoms with E-state index in [4.69, 9.17) is 16.9 Å². The van der Waals surface area contributed by atoms with Crippen LogP contribution >= 0.6 is 11.6 Å². The second-order valence-electron chi connectivity index (χ2n) is 3.81. The Morgan fingerprint density at radius 1 is 1.22 bits per heavy atom. The van der Waals surface area contributed by atoms with E-state index in [0.29, 0.717) is 11.4 Å². The van der Waals surface area contributed by atoms with Gasteiger partial charge in [0.15, 0.2) is 0 Å². The predicted molar refractivity (Wildman–Crippen MR) is 72.6 cm³/mol. The summed E-state index contributed by atoms with van der Waals surface area (Å²) >= 11 is 5.82. The lowest BCUT2D eigenvalue weighted by molar-refractivity contribution is 1.00. The van der Waals surface area contributed by atoms with Crippen LogP contribution in [0.25, 0.3) is 0 Å². The third-order valence-corrected chi connectivity index (χ3v) is 2.80. The maximum atomic E-state index is 8.92. The Balaban J connectivity index is 1.93. The lowest BCUT2D eigenvalue weighted by atomic mass is 10.1. The minimum atomic E-state index is 0.564. The third kappa shape index (κ3) is 3.22. The van der Waals surface area contributed by atoms with Gasteiger partial charge in [-0.05, 0) is 36.2 Å². The van der Waals surface area contributed by atoms with Crippen LogP contribution in [0.1, 0.15) is 11.1 Å². The molecule has 1 aromatic heterocycles. The quantitative estimate of drug-likeness (QED) is 0.915. The number of nitrogens with one attached hydrogen (secondary N) is 1. The van der Waals surface area contributed by atoms with Crippen LogP contribution in [0.5, 0.6) is 0 Å². The summed E-state index contributed by atoms with van der Waals surface area (Å²) in [6.45, 7) is 0.729. The molecule has 0 aliphatic carbocycles. The molecule has 0 amide bonds. The summed E-state index contributed by atoms with van der Waals surface area (Å²) in [7, 11) is 0. The van der Waals surface area contributed by atoms with Crippen LogP contribution < -0.4 is 5.32 Å². The van der Waals surface area contributed by atoms with Crippen molar-refractivity contribution < 1.29 is 0 Å². The molecule has 90 valence electrons. The van der Waals surface area contributed by atoms with Gasteiger partial charge in [0.25, 0.3) is 0 Å². The normalized spacial score (nSPS) is 9.78. The Hall–Kier alpha value is -2.05. The number of rotatable bonds is 4. The first-order chi connectivity index (χ1) is 8.79. The lowest BCUT2D eigenvalue weighted by Crippen LogP contribution is -2.07. The maximum absolute atomic E-state index is 8.92. The van der Waals surface area contributed by atoms with Gasteiger partial charge in [0.1, 0.15) is 11.9 Å². The molecule has 0 atom stereocenters. The summed E-state index contributed by atoms with van der Waals surface area (Å²) in [6.07, 6.45) is 2.53. The highest BCUT2D eigenvalue weighted by Gasteiger charge is 2.01. The van der Waals surface area contributed by atoms with E-state index in [2.05, 4.69) is 16.4 Å². The van der Waals surface area contributed by atoms with Gasteiger partial charge < -0.3 is 5.32 Å². The number of hydrogen-bond donors (Lipinski definition) is 1. The Bertz CT molecular complexity index is 558. The molecule has 3 nitrogen and oxygen atoms in total. The molecule has 18 heavy (non-hydrogen) atoms. The van der Waals surface area contributed by atoms with Crippen molar-refractivity contribution in [1.29, 1.82) is 5.26 Å². The van der Waals surface area contributed by atoms with E-state index in [-0.39, 0.29) is 0 Å². The largest absolute Gasteiger partial charge is 0.369 e. The molecule has 1 N–H and O–H groups in total. The van der Waals surface area contributed by atoms with E-state index < -0.39 is 0 Å². The second kappa shape index (κ2) is 6.04. The fraction of sp³-hybridized carbons (Fsp3) is 0.143. The Labute approximate surface area is 111 Å². The van der Waals surface area contributed by atoms with Gasteiger partial charge in [-0.2, -0.15) is 5.26 Å². The van der Waals surface area contributed by atoms with Gasteiger partial charge in [0.2, 0.25) is 0 Å². The molecule has 1 aromatic carbocycles. The summed E-state index contributed by atoms with van der Waals surface area (Å²) in [5, 5.41) is 12.8. The van der Waals surface area contributed by atoms with E-state index in [9.17, 15) is 0 Å². The number of nitrogens with zero attached hydrogens (tertiary/aromatic N) is 2. The first-order valence-corrected chi connectivity index (χ1v) is 6.01. The van der Waals surface area contributed by atoms with Crippen LogP contribution in [0.2, 0.25) is 5.02 Å². The van der Waals surface area contributed by atoms with Crippen LogP contribution in [0.15, 0.2) is 42.6 Å². The number of halogens is 1. The molecule has 2 rings (SSSR count). The van der Waals surface area contributed by atoms with Gasteiger partial charge >= 0.3 is 0 Å². The van der Waals surface area contributed by atoms with Gasteiger partial charge in [-0.15, -0.1) is 0 Å². The third-order valence-electron chi connectivity index (χ3n) is 2.55. The molecule has 0 saturated heterocycles. The monoisotopic (exact) mass is 257 g/mol. The van der Waals surface area contributed by atoms with Gasteiger partial charge in [-0.25, -0.2) is 4.98 Å². The van der Waals surface area contributed by atoms with Crippen LogP contribution in [0, 0.1) is 11.3 Å². The Kier molecular flexibility index (Phi) is 4.16. The summed E-state index contributed by atoms with van der Waals surface area (Å²) in [5.41, 5.74) is 1.76. The zero-order valence-electron chi connectivity index (χ0n) is 9.73. The van der Waals surface area contributed by atoms with Crippen molar-refractivity contribution >= 4 is 17.4 Å². The standard InChI is InChI=1S/C14H12ClN3/c15-13-5-3-11(4-6-13)7-9-18-14-12(10-16)2-1-8-17-14/h1-6,8H,7,9H2,(H,17,18). The van der Waals surface area contributed by atoms with Gasteiger partial charge in [0.05, 0.1) is 5.56 Å². The van der Waals surface area contributed by atoms with Crippen molar-refractivity contribution in [2.24, 2.45) is 0 Å². The number of nitriles is 1. The van der Waals surface area contributed by atoms with E-state index >= 15 is 0 Å². The first-order valence-electron chi connectivity index (χ1n) is 5.63. The van der Waals surface area contributed by atoms with Crippen LogP contribution in [0.4, 0.5) is 5.82 Å². The molecular weight excluding hydrogens is 246 g/mol. The molecule has 0 bridgehead atoms. The van der Waals surface area contributed by atoms with Gasteiger partial charge in [-0.1, -0.05) is 23.7 Å². The molecule has 0 aliphatic rings. The molecule has 0 unspecified atom stereocenters. The van der Waals surface area contributed by atoms with Crippen molar-refractivity contribution in [3.63, 3.8) is 0 Å². The molecule has 0 radical (unpaired) electrons. The van der Waals surface area contributed by atoms with Crippen molar-refractivity contribution in [3.05, 3.63) is 58.7 Å². The topological polar surface area (TPSA) is 48.7 Å². The first kappa shape index (κ1) is 12.4. The zero-order chi connectivity index (χ0) is 12.8. The summed E-state index contributed by atoms with van der Waals surface area (Å²) in [6, 6.07) is 13.3. The van der Waals surface area contributed by atoms with Crippen molar-refractivity contribution in [1.82, 2.24) is 4.98 Å². The highest BCUT2D eigenvalue weighted by Crippen LogP contribution is 2.12. The Morgan fingerprint density at radius 3 is 2.72 bits per heavy atom. The molecule has 0 saturated carbocycles. The fourth-order valence-corrected chi connectivity index (χ4v) is 1.74. The van der Waals surface area contributed by atoms with E-state index in [1.54, 1.807) is 18.3 Å². The zero-order valence-corrected chi connectivity index (χ0v) is 10.5. The SMILES string of the molecule is N#Cc1cccnc1NCCc1ccc(Cl)cc1. The number of anilines is 1. The maximum Gasteiger partial charge on any atom is 0.143 e. The Morgan fingerprint density at radius 2 is 2.00 bits per heavy atom. The average Bonchev–Trinajstić information content (AvgIpc) is 2.41. The fourth-order valence-electron chi connectivity index (χ4n) is 1.61. The van der Waals surface area contributed by atoms with Crippen molar-refractivity contribution in [2.45, 2.75) is 6.42 Å². The summed E-state index contributed by atoms with van der Waals surface area (Å²) in [5.74, 6) is 0.633. The van der Waals surface area contributed by atoms with Crippen LogP contribution in [-0.4, -0.2) is 11.5 Å². The molecule has 1 heterocycles. The van der Waals surface area contributed by atoms with Gasteiger partial charge in [-0.3, -0.25) is 0 Å². The van der Waals surface area contributed by atoms with E-state index in [1.807, 2.05) is 24.3 Å². The molecule has 4 heteroatoms. The highest BCUT2D eigenvalue weighted by molar-refractivity contribution is 6.30. The lowest BCUT2D eigenvalue weighted by Gasteiger charge is -2.06. The molecule has 0 aliphatic heterocycles. The van der Waals surface area contributed by atoms with E-state index in [1.165, 1.54) is 5.56 Å². The number of hydrogen-bond acceptors (Lipinski definition) is 3. The summed E-state index contributed by atoms with van der Waals surface area (Å²) in [4.78, 5) is 4.14. The summed E-state index contributed by atoms with van der Waals surface area (Å²) < 4.78 is 0. The molecule has 0 spiro atoms. The predicted octanol–water partition coefficient (Wildman–Crippen LogP) is 3.26. The highest BCUT2D eigenvalue weighted by atomic mass is 35.5. The number of benzene rings is 1. The van der Waals surface area contributed by atoms with Crippen LogP contribution in [0.3, 0.4) is 0 Å². The number of aromatic nitrogens is 1. The van der Waals surface area contributed by atoms with E-state index in [0.717, 1.165) is 18.0 Å². The molecular formula is C14H12ClN3. The smallest absolute Gasteiger partial charge is 0.143 e. The van der Waals surface area contributed by atoms with Crippen LogP contribution in [-0.2, 0) is 6.42 Å². The molecule has 0 fully saturated rings. The van der Waals surface area contributed by atoms with Gasteiger partial charge in [0, 0.05) is 17.8 Å². The van der Waals surface area contributed by atoms with Crippen molar-refractivity contribution in [2.75, 3.05) is 11.9 Å². The average molecular weight is 258 g/mol. The minimum absolute atomic E-state index is 0.564. The second-order valence-corrected chi connectivity index (χ2v) is 4.25.